The van der Waals surface area contributed by atoms with Gasteiger partial charge in [-0.1, -0.05) is 132 Å². The second-order valence-corrected chi connectivity index (χ2v) is 23.7. The Labute approximate surface area is 481 Å². The molecule has 0 spiro atoms. The fourth-order valence-electron chi connectivity index (χ4n) is 12.1. The number of fused-ring (bicyclic) bond motifs is 26. The number of hydrogen-bond acceptors (Lipinski definition) is 12. The Bertz CT molecular complexity index is 4970. The lowest BCUT2D eigenvalue weighted by molar-refractivity contribution is 1.17. The van der Waals surface area contributed by atoms with Crippen molar-refractivity contribution in [2.24, 2.45) is 0 Å². The molecule has 0 radical (unpaired) electrons. The first-order valence-electron chi connectivity index (χ1n) is 26.9. The maximum atomic E-state index is 5.61. The Morgan fingerprint density at radius 3 is 0.890 bits per heavy atom. The number of benzene rings is 10. The largest absolute Gasteiger partial charge is 0.324 e. The van der Waals surface area contributed by atoms with Gasteiger partial charge in [-0.15, -0.1) is 0 Å². The molecule has 3 aromatic heterocycles. The summed E-state index contributed by atoms with van der Waals surface area (Å²) in [5.74, 6) is 2.13. The quantitative estimate of drug-likeness (QED) is 0.175. The van der Waals surface area contributed by atoms with E-state index in [-0.39, 0.29) is 0 Å². The molecule has 10 aromatic carbocycles. The van der Waals surface area contributed by atoms with Crippen LogP contribution in [0.3, 0.4) is 0 Å². The van der Waals surface area contributed by atoms with Crippen LogP contribution in [-0.2, 0) is 0 Å². The normalized spacial score (nSPS) is 13.4. The summed E-state index contributed by atoms with van der Waals surface area (Å²) in [6, 6.07) is 79.3. The van der Waals surface area contributed by atoms with Gasteiger partial charge >= 0.3 is 0 Å². The van der Waals surface area contributed by atoms with E-state index in [0.29, 0.717) is 45.9 Å². The molecule has 0 saturated carbocycles. The summed E-state index contributed by atoms with van der Waals surface area (Å²) in [4.78, 5) is 54.3. The molecular weight excluding hydrogens is 1070 g/mol. The first-order chi connectivity index (χ1) is 40.6. The first-order valence-corrected chi connectivity index (χ1v) is 29.4. The van der Waals surface area contributed by atoms with Crippen LogP contribution in [-0.4, -0.2) is 39.9 Å². The summed E-state index contributed by atoms with van der Waals surface area (Å²) in [6.45, 7) is 0. The van der Waals surface area contributed by atoms with Crippen LogP contribution in [0.15, 0.2) is 254 Å². The Kier molecular flexibility index (Phi) is 9.92. The number of nitrogens with zero attached hydrogens (tertiary/aromatic N) is 9. The summed E-state index contributed by atoms with van der Waals surface area (Å²) in [7, 11) is 0. The van der Waals surface area contributed by atoms with E-state index >= 15 is 0 Å². The SMILES string of the molecule is c1ccc2c(c1)Sc1ccccc1N2c1ccc2c(c1)-c1nc-2nc2[nH]c(nc3nc(nc4[nH]c(n1)c1cc(N5c6ccccc6Sc6ccccc65)ccc41)-c1ccccc1-3)c1cc(N3c4ccccc4Sc4ccccc43)ccc21. The molecule has 0 amide bonds. The summed E-state index contributed by atoms with van der Waals surface area (Å²) in [5, 5.41) is 3.54. The number of aromatic amines is 2. The third kappa shape index (κ3) is 7.02. The van der Waals surface area contributed by atoms with Gasteiger partial charge in [0.1, 0.15) is 22.6 Å². The molecule has 8 bridgehead atoms. The van der Waals surface area contributed by atoms with Crippen LogP contribution < -0.4 is 14.7 Å². The smallest absolute Gasteiger partial charge is 0.164 e. The molecule has 2 N–H and O–H groups in total. The van der Waals surface area contributed by atoms with Crippen molar-refractivity contribution in [2.45, 2.75) is 29.4 Å². The van der Waals surface area contributed by atoms with E-state index in [1.54, 1.807) is 35.3 Å². The number of H-pyrrole nitrogens is 2. The van der Waals surface area contributed by atoms with Gasteiger partial charge in [-0.2, -0.15) is 0 Å². The number of para-hydroxylation sites is 6. The second-order valence-electron chi connectivity index (χ2n) is 20.5. The fourth-order valence-corrected chi connectivity index (χ4v) is 15.2. The lowest BCUT2D eigenvalue weighted by Gasteiger charge is -2.33. The summed E-state index contributed by atoms with van der Waals surface area (Å²) in [6.07, 6.45) is 0. The van der Waals surface area contributed by atoms with E-state index in [9.17, 15) is 0 Å². The molecule has 11 nitrogen and oxygen atoms in total. The highest BCUT2D eigenvalue weighted by Crippen LogP contribution is 2.55. The maximum absolute atomic E-state index is 5.61. The van der Waals surface area contributed by atoms with Crippen LogP contribution >= 0.6 is 35.3 Å². The molecule has 13 aromatic rings. The molecule has 82 heavy (non-hydrogen) atoms. The Hall–Kier alpha value is -9.99. The van der Waals surface area contributed by atoms with Crippen molar-refractivity contribution < 1.29 is 0 Å². The van der Waals surface area contributed by atoms with E-state index in [1.165, 1.54) is 29.4 Å². The van der Waals surface area contributed by atoms with Crippen LogP contribution in [0.1, 0.15) is 0 Å². The lowest BCUT2D eigenvalue weighted by Crippen LogP contribution is -2.14. The summed E-state index contributed by atoms with van der Waals surface area (Å²) >= 11 is 5.37. The van der Waals surface area contributed by atoms with Crippen LogP contribution in [0.5, 0.6) is 0 Å². The Balaban J connectivity index is 0.918. The average molecular weight is 1110 g/mol. The zero-order chi connectivity index (χ0) is 53.6. The van der Waals surface area contributed by atoms with E-state index in [2.05, 4.69) is 237 Å². The van der Waals surface area contributed by atoms with Gasteiger partial charge in [0, 0.05) is 90.2 Å². The molecular formula is C68H39N11S3. The molecule has 5 aliphatic heterocycles. The first kappa shape index (κ1) is 45.8. The van der Waals surface area contributed by atoms with Crippen LogP contribution in [0.25, 0.3) is 89.7 Å². The Morgan fingerprint density at radius 2 is 0.524 bits per heavy atom. The van der Waals surface area contributed by atoms with Gasteiger partial charge in [0.05, 0.1) is 34.1 Å². The molecule has 0 unspecified atom stereocenters. The molecule has 0 aliphatic carbocycles. The lowest BCUT2D eigenvalue weighted by atomic mass is 10.1. The van der Waals surface area contributed by atoms with Crippen molar-refractivity contribution in [2.75, 3.05) is 14.7 Å². The van der Waals surface area contributed by atoms with Crippen molar-refractivity contribution in [3.8, 4) is 45.6 Å². The third-order valence-electron chi connectivity index (χ3n) is 15.8. The Morgan fingerprint density at radius 1 is 0.244 bits per heavy atom. The van der Waals surface area contributed by atoms with E-state index in [1.807, 2.05) is 12.1 Å². The van der Waals surface area contributed by atoms with Crippen LogP contribution in [0.2, 0.25) is 0 Å². The van der Waals surface area contributed by atoms with Gasteiger partial charge in [0.25, 0.3) is 0 Å². The van der Waals surface area contributed by atoms with Crippen molar-refractivity contribution in [3.63, 3.8) is 0 Å². The van der Waals surface area contributed by atoms with Gasteiger partial charge < -0.3 is 24.7 Å². The van der Waals surface area contributed by atoms with Crippen molar-refractivity contribution in [1.82, 2.24) is 39.9 Å². The number of hydrogen-bond donors (Lipinski definition) is 2. The van der Waals surface area contributed by atoms with Gasteiger partial charge in [0.2, 0.25) is 0 Å². The predicted octanol–water partition coefficient (Wildman–Crippen LogP) is 18.7. The molecule has 0 fully saturated rings. The number of anilines is 9. The average Bonchev–Trinajstić information content (AvgIpc) is 4.21. The minimum atomic E-state index is 0.517. The minimum Gasteiger partial charge on any atom is -0.324 e. The highest BCUT2D eigenvalue weighted by atomic mass is 32.2. The number of nitrogens with one attached hydrogen (secondary N) is 2. The van der Waals surface area contributed by atoms with E-state index in [0.717, 1.165) is 95.0 Å². The zero-order valence-electron chi connectivity index (χ0n) is 43.1. The topological polar surface area (TPSA) is 119 Å². The van der Waals surface area contributed by atoms with E-state index < -0.39 is 0 Å². The molecule has 5 aliphatic rings. The second kappa shape index (κ2) is 17.8. The van der Waals surface area contributed by atoms with Gasteiger partial charge in [0.15, 0.2) is 23.3 Å². The standard InChI is InChI=1S/C68H39N11S3/c1-2-16-42-41(15-1)61-69-62(42)72-66-46-35-38(77-49-17-3-9-23-55(49)80-56-24-10-4-18-50(56)77)29-32-43(46)64(73-66)71-65-45-34-31-40(79-53-21-7-13-27-59(53)82-60-28-14-8-22-54(60)79)37-48(45)68(75-65)76-67-47-36-39(30-33-44(47)63(70-61)74-67)78-51-19-5-11-25-57(51)81-58-26-12-6-20-52(58)78/h1-37H,(H2,69,70,71,72,73,74,75,76). The molecule has 18 rings (SSSR count). The third-order valence-corrected chi connectivity index (χ3v) is 19.2. The monoisotopic (exact) mass is 1110 g/mol. The van der Waals surface area contributed by atoms with Crippen LogP contribution in [0.4, 0.5) is 51.2 Å². The fraction of sp³-hybridized carbons (Fsp3) is 0. The van der Waals surface area contributed by atoms with Gasteiger partial charge in [-0.3, -0.25) is 0 Å². The van der Waals surface area contributed by atoms with Crippen molar-refractivity contribution >= 4 is 131 Å². The molecule has 384 valence electrons. The molecule has 0 atom stereocenters. The van der Waals surface area contributed by atoms with Crippen LogP contribution in [0, 0.1) is 0 Å². The molecule has 14 heteroatoms. The highest BCUT2D eigenvalue weighted by molar-refractivity contribution is 8.00. The number of rotatable bonds is 3. The zero-order valence-corrected chi connectivity index (χ0v) is 45.6. The summed E-state index contributed by atoms with van der Waals surface area (Å²) in [5.41, 5.74) is 15.5. The molecule has 8 heterocycles. The maximum Gasteiger partial charge on any atom is 0.164 e. The predicted molar refractivity (Wildman–Crippen MR) is 332 cm³/mol. The van der Waals surface area contributed by atoms with Crippen molar-refractivity contribution in [3.05, 3.63) is 224 Å². The molecule has 0 saturated heterocycles. The summed E-state index contributed by atoms with van der Waals surface area (Å²) < 4.78 is 0. The van der Waals surface area contributed by atoms with Gasteiger partial charge in [-0.05, 0) is 127 Å². The minimum absolute atomic E-state index is 0.517. The van der Waals surface area contributed by atoms with Crippen molar-refractivity contribution in [1.29, 1.82) is 0 Å². The number of aromatic nitrogens is 8. The van der Waals surface area contributed by atoms with Gasteiger partial charge in [-0.25, -0.2) is 29.9 Å². The highest BCUT2D eigenvalue weighted by Gasteiger charge is 2.31. The van der Waals surface area contributed by atoms with E-state index in [4.69, 9.17) is 29.9 Å².